The first kappa shape index (κ1) is 15.9. The van der Waals surface area contributed by atoms with E-state index in [0.717, 1.165) is 16.2 Å². The van der Waals surface area contributed by atoms with E-state index in [1.54, 1.807) is 12.4 Å². The monoisotopic (exact) mass is 403 g/mol. The normalized spacial score (nSPS) is 11.3. The molecule has 0 bridgehead atoms. The van der Waals surface area contributed by atoms with Crippen LogP contribution in [0.15, 0.2) is 53.7 Å². The van der Waals surface area contributed by atoms with Gasteiger partial charge in [-0.25, -0.2) is 14.4 Å². The Balaban J connectivity index is 1.78. The fraction of sp³-hybridized carbons (Fsp3) is 0.118. The summed E-state index contributed by atoms with van der Waals surface area (Å²) in [5.74, 6) is 0.0577. The van der Waals surface area contributed by atoms with Gasteiger partial charge in [-0.3, -0.25) is 9.55 Å². The van der Waals surface area contributed by atoms with Gasteiger partial charge in [-0.15, -0.1) is 0 Å². The van der Waals surface area contributed by atoms with Crippen LogP contribution in [-0.4, -0.2) is 24.1 Å². The van der Waals surface area contributed by atoms with E-state index in [1.807, 2.05) is 24.3 Å². The predicted octanol–water partition coefficient (Wildman–Crippen LogP) is 4.17. The topological polar surface area (TPSA) is 48.5 Å². The van der Waals surface area contributed by atoms with Crippen molar-refractivity contribution in [3.05, 3.63) is 65.2 Å². The van der Waals surface area contributed by atoms with Crippen LogP contribution in [0.25, 0.3) is 22.4 Å². The summed E-state index contributed by atoms with van der Waals surface area (Å²) in [6, 6.07) is 7.34. The Bertz CT molecular complexity index is 1060. The van der Waals surface area contributed by atoms with Gasteiger partial charge < -0.3 is 4.57 Å². The van der Waals surface area contributed by atoms with E-state index >= 15 is 0 Å². The zero-order valence-electron chi connectivity index (χ0n) is 12.9. The highest BCUT2D eigenvalue weighted by Crippen LogP contribution is 2.27. The molecule has 5 nitrogen and oxygen atoms in total. The summed E-state index contributed by atoms with van der Waals surface area (Å²) in [4.78, 5) is 12.5. The first-order chi connectivity index (χ1) is 12.2. The van der Waals surface area contributed by atoms with Crippen molar-refractivity contribution in [3.63, 3.8) is 0 Å². The number of fused-ring (bicyclic) bond motifs is 1. The third kappa shape index (κ3) is 2.93. The summed E-state index contributed by atoms with van der Waals surface area (Å²) in [6.07, 6.45) is 5.83. The standard InChI is InChI=1S/C17H12BrF2N5/c18-13-1-2-14-15(4-13)25(9-19)17(23-14)12-3-11(5-21-6-12)8-24-10-22-7-16(24)20/h1-7,10H,8-9H2. The van der Waals surface area contributed by atoms with E-state index in [0.29, 0.717) is 22.4 Å². The Morgan fingerprint density at radius 2 is 1.96 bits per heavy atom. The SMILES string of the molecule is FCn1c(-c2cncc(Cn3cncc3F)c2)nc2ccc(Br)cc21. The molecular formula is C17H12BrF2N5. The molecule has 0 aliphatic rings. The molecule has 8 heteroatoms. The van der Waals surface area contributed by atoms with Crippen LogP contribution in [0.3, 0.4) is 0 Å². The number of pyridine rings is 1. The van der Waals surface area contributed by atoms with Crippen molar-refractivity contribution in [2.24, 2.45) is 0 Å². The fourth-order valence-corrected chi connectivity index (χ4v) is 3.10. The van der Waals surface area contributed by atoms with Gasteiger partial charge in [0.25, 0.3) is 0 Å². The second-order valence-electron chi connectivity index (χ2n) is 5.54. The van der Waals surface area contributed by atoms with Gasteiger partial charge in [-0.1, -0.05) is 15.9 Å². The molecule has 0 atom stereocenters. The smallest absolute Gasteiger partial charge is 0.213 e. The number of rotatable bonds is 4. The molecule has 0 radical (unpaired) electrons. The van der Waals surface area contributed by atoms with Crippen LogP contribution in [-0.2, 0) is 13.3 Å². The molecule has 0 amide bonds. The van der Waals surface area contributed by atoms with E-state index < -0.39 is 12.7 Å². The van der Waals surface area contributed by atoms with Crippen molar-refractivity contribution in [2.75, 3.05) is 0 Å². The van der Waals surface area contributed by atoms with Crippen LogP contribution in [0.1, 0.15) is 5.56 Å². The summed E-state index contributed by atoms with van der Waals surface area (Å²) < 4.78 is 30.9. The minimum atomic E-state index is -0.706. The molecule has 0 fully saturated rings. The number of halogens is 3. The van der Waals surface area contributed by atoms with Crippen LogP contribution in [0.5, 0.6) is 0 Å². The lowest BCUT2D eigenvalue weighted by atomic mass is 10.2. The van der Waals surface area contributed by atoms with Crippen molar-refractivity contribution in [1.82, 2.24) is 24.1 Å². The molecular weight excluding hydrogens is 392 g/mol. The minimum absolute atomic E-state index is 0.286. The lowest BCUT2D eigenvalue weighted by Gasteiger charge is -2.07. The second kappa shape index (κ2) is 6.36. The Labute approximate surface area is 150 Å². The second-order valence-corrected chi connectivity index (χ2v) is 6.46. The van der Waals surface area contributed by atoms with Gasteiger partial charge in [0.05, 0.1) is 30.1 Å². The zero-order valence-corrected chi connectivity index (χ0v) is 14.5. The largest absolute Gasteiger partial charge is 0.303 e. The molecule has 0 N–H and O–H groups in total. The molecule has 25 heavy (non-hydrogen) atoms. The van der Waals surface area contributed by atoms with Crippen LogP contribution in [0, 0.1) is 5.95 Å². The van der Waals surface area contributed by atoms with E-state index in [-0.39, 0.29) is 6.54 Å². The molecule has 4 aromatic rings. The third-order valence-corrected chi connectivity index (χ3v) is 4.39. The zero-order chi connectivity index (χ0) is 17.4. The van der Waals surface area contributed by atoms with Crippen molar-refractivity contribution in [3.8, 4) is 11.4 Å². The molecule has 0 aliphatic heterocycles. The number of aromatic nitrogens is 5. The van der Waals surface area contributed by atoms with Gasteiger partial charge in [0, 0.05) is 22.4 Å². The lowest BCUT2D eigenvalue weighted by molar-refractivity contribution is 0.387. The minimum Gasteiger partial charge on any atom is -0.303 e. The highest BCUT2D eigenvalue weighted by atomic mass is 79.9. The van der Waals surface area contributed by atoms with Crippen LogP contribution < -0.4 is 0 Å². The number of imidazole rings is 2. The Morgan fingerprint density at radius 3 is 2.72 bits per heavy atom. The van der Waals surface area contributed by atoms with Gasteiger partial charge in [0.15, 0.2) is 6.80 Å². The molecule has 3 aromatic heterocycles. The summed E-state index contributed by atoms with van der Waals surface area (Å²) in [6.45, 7) is -0.420. The average molecular weight is 404 g/mol. The van der Waals surface area contributed by atoms with Gasteiger partial charge >= 0.3 is 0 Å². The van der Waals surface area contributed by atoms with Crippen LogP contribution in [0.2, 0.25) is 0 Å². The number of hydrogen-bond donors (Lipinski definition) is 0. The molecule has 1 aromatic carbocycles. The van der Waals surface area contributed by atoms with Gasteiger partial charge in [0.1, 0.15) is 5.82 Å². The number of alkyl halides is 1. The maximum absolute atomic E-state index is 13.7. The summed E-state index contributed by atoms with van der Waals surface area (Å²) >= 11 is 3.39. The highest BCUT2D eigenvalue weighted by Gasteiger charge is 2.14. The highest BCUT2D eigenvalue weighted by molar-refractivity contribution is 9.10. The summed E-state index contributed by atoms with van der Waals surface area (Å²) in [5.41, 5.74) is 2.83. The first-order valence-electron chi connectivity index (χ1n) is 7.47. The molecule has 0 saturated heterocycles. The van der Waals surface area contributed by atoms with Gasteiger partial charge in [-0.05, 0) is 29.8 Å². The van der Waals surface area contributed by atoms with Gasteiger partial charge in [0.2, 0.25) is 5.95 Å². The quantitative estimate of drug-likeness (QED) is 0.513. The Hall–Kier alpha value is -2.61. The van der Waals surface area contributed by atoms with Crippen LogP contribution >= 0.6 is 15.9 Å². The maximum Gasteiger partial charge on any atom is 0.213 e. The summed E-state index contributed by atoms with van der Waals surface area (Å²) in [5, 5.41) is 0. The Morgan fingerprint density at radius 1 is 1.08 bits per heavy atom. The molecule has 0 saturated carbocycles. The van der Waals surface area contributed by atoms with E-state index in [9.17, 15) is 8.78 Å². The lowest BCUT2D eigenvalue weighted by Crippen LogP contribution is -2.02. The van der Waals surface area contributed by atoms with E-state index in [1.165, 1.54) is 15.5 Å². The first-order valence-corrected chi connectivity index (χ1v) is 8.26. The van der Waals surface area contributed by atoms with Crippen LogP contribution in [0.4, 0.5) is 8.78 Å². The number of benzene rings is 1. The fourth-order valence-electron chi connectivity index (χ4n) is 2.75. The third-order valence-electron chi connectivity index (χ3n) is 3.90. The predicted molar refractivity (Wildman–Crippen MR) is 93.1 cm³/mol. The Kier molecular flexibility index (Phi) is 4.04. The molecule has 126 valence electrons. The van der Waals surface area contributed by atoms with Gasteiger partial charge in [-0.2, -0.15) is 4.39 Å². The number of hydrogen-bond acceptors (Lipinski definition) is 3. The van der Waals surface area contributed by atoms with E-state index in [2.05, 4.69) is 30.9 Å². The number of nitrogens with zero attached hydrogens (tertiary/aromatic N) is 5. The molecule has 0 unspecified atom stereocenters. The van der Waals surface area contributed by atoms with Crippen molar-refractivity contribution in [1.29, 1.82) is 0 Å². The van der Waals surface area contributed by atoms with E-state index in [4.69, 9.17) is 0 Å². The molecule has 3 heterocycles. The molecule has 0 spiro atoms. The van der Waals surface area contributed by atoms with Crippen molar-refractivity contribution >= 4 is 27.0 Å². The molecule has 0 aliphatic carbocycles. The molecule has 4 rings (SSSR count). The van der Waals surface area contributed by atoms with Crippen molar-refractivity contribution in [2.45, 2.75) is 13.3 Å². The summed E-state index contributed by atoms with van der Waals surface area (Å²) in [7, 11) is 0. The van der Waals surface area contributed by atoms with Crippen molar-refractivity contribution < 1.29 is 8.78 Å². The average Bonchev–Trinajstić information content (AvgIpc) is 3.18. The maximum atomic E-state index is 13.7.